The van der Waals surface area contributed by atoms with Crippen LogP contribution in [0.4, 0.5) is 14.5 Å². The lowest BCUT2D eigenvalue weighted by Crippen LogP contribution is -2.47. The summed E-state index contributed by atoms with van der Waals surface area (Å²) < 4.78 is 31.6. The summed E-state index contributed by atoms with van der Waals surface area (Å²) in [6.45, 7) is 3.39. The first-order chi connectivity index (χ1) is 12.5. The van der Waals surface area contributed by atoms with E-state index in [4.69, 9.17) is 4.74 Å². The molecule has 1 saturated heterocycles. The van der Waals surface area contributed by atoms with Gasteiger partial charge in [-0.15, -0.1) is 0 Å². The summed E-state index contributed by atoms with van der Waals surface area (Å²) in [7, 11) is 0. The zero-order valence-electron chi connectivity index (χ0n) is 14.2. The van der Waals surface area contributed by atoms with Crippen molar-refractivity contribution in [2.75, 3.05) is 25.1 Å². The summed E-state index contributed by atoms with van der Waals surface area (Å²) in [6.07, 6.45) is 0. The van der Waals surface area contributed by atoms with Crippen molar-refractivity contribution >= 4 is 17.5 Å². The van der Waals surface area contributed by atoms with E-state index in [1.165, 1.54) is 6.07 Å². The number of halogens is 2. The number of benzene rings is 2. The number of carbonyl (C=O) groups excluding carboxylic acids is 2. The van der Waals surface area contributed by atoms with Gasteiger partial charge in [0.05, 0.1) is 19.3 Å². The first kappa shape index (κ1) is 18.0. The minimum absolute atomic E-state index is 0.0116. The first-order valence-electron chi connectivity index (χ1n) is 8.21. The second-order valence-electron chi connectivity index (χ2n) is 6.09. The van der Waals surface area contributed by atoms with E-state index in [1.54, 1.807) is 29.2 Å². The molecule has 1 atom stereocenters. The maximum atomic E-state index is 13.3. The van der Waals surface area contributed by atoms with Gasteiger partial charge >= 0.3 is 0 Å². The minimum Gasteiger partial charge on any atom is -0.377 e. The Morgan fingerprint density at radius 3 is 2.65 bits per heavy atom. The number of nitrogens with one attached hydrogen (secondary N) is 1. The summed E-state index contributed by atoms with van der Waals surface area (Å²) >= 11 is 0. The fourth-order valence-corrected chi connectivity index (χ4v) is 2.77. The highest BCUT2D eigenvalue weighted by Gasteiger charge is 2.25. The van der Waals surface area contributed by atoms with E-state index in [-0.39, 0.29) is 17.5 Å². The molecule has 1 unspecified atom stereocenters. The van der Waals surface area contributed by atoms with Gasteiger partial charge in [-0.1, -0.05) is 6.07 Å². The predicted molar refractivity (Wildman–Crippen MR) is 92.1 cm³/mol. The van der Waals surface area contributed by atoms with Crippen molar-refractivity contribution in [2.24, 2.45) is 0 Å². The molecule has 136 valence electrons. The van der Waals surface area contributed by atoms with Gasteiger partial charge in [-0.3, -0.25) is 9.59 Å². The minimum atomic E-state index is -1.09. The summed E-state index contributed by atoms with van der Waals surface area (Å²) in [5.74, 6) is -2.85. The van der Waals surface area contributed by atoms with E-state index in [0.29, 0.717) is 31.0 Å². The number of carbonyl (C=O) groups is 2. The quantitative estimate of drug-likeness (QED) is 0.915. The molecule has 0 radical (unpaired) electrons. The molecule has 1 N–H and O–H groups in total. The molecule has 7 heteroatoms. The molecule has 1 fully saturated rings. The van der Waals surface area contributed by atoms with Crippen molar-refractivity contribution in [2.45, 2.75) is 13.0 Å². The monoisotopic (exact) mass is 360 g/mol. The van der Waals surface area contributed by atoms with Crippen molar-refractivity contribution in [3.63, 3.8) is 0 Å². The average Bonchev–Trinajstić information content (AvgIpc) is 2.64. The number of rotatable bonds is 3. The number of hydrogen-bond donors (Lipinski definition) is 1. The van der Waals surface area contributed by atoms with Gasteiger partial charge < -0.3 is 15.0 Å². The summed E-state index contributed by atoms with van der Waals surface area (Å²) in [4.78, 5) is 26.6. The van der Waals surface area contributed by atoms with Crippen molar-refractivity contribution in [1.29, 1.82) is 0 Å². The number of amides is 2. The van der Waals surface area contributed by atoms with E-state index >= 15 is 0 Å². The Hall–Kier alpha value is -2.80. The second kappa shape index (κ2) is 7.61. The van der Waals surface area contributed by atoms with Gasteiger partial charge in [0.1, 0.15) is 0 Å². The third kappa shape index (κ3) is 3.88. The van der Waals surface area contributed by atoms with Crippen LogP contribution in [0, 0.1) is 11.6 Å². The molecule has 0 spiro atoms. The Kier molecular flexibility index (Phi) is 5.27. The highest BCUT2D eigenvalue weighted by molar-refractivity contribution is 6.05. The van der Waals surface area contributed by atoms with Crippen LogP contribution < -0.4 is 5.32 Å². The van der Waals surface area contributed by atoms with E-state index in [9.17, 15) is 18.4 Å². The third-order valence-corrected chi connectivity index (χ3v) is 4.18. The lowest BCUT2D eigenvalue weighted by molar-refractivity contribution is 0.00359. The normalized spacial score (nSPS) is 17.0. The van der Waals surface area contributed by atoms with E-state index < -0.39 is 17.5 Å². The zero-order chi connectivity index (χ0) is 18.7. The lowest BCUT2D eigenvalue weighted by Gasteiger charge is -2.33. The maximum absolute atomic E-state index is 13.3. The standard InChI is InChI=1S/C19H18F2N2O3/c1-12-11-26-8-7-23(12)19(25)14-3-2-4-15(9-14)22-18(24)13-5-6-16(20)17(21)10-13/h2-6,9-10,12H,7-8,11H2,1H3,(H,22,24). The van der Waals surface area contributed by atoms with Gasteiger partial charge in [-0.25, -0.2) is 8.78 Å². The van der Waals surface area contributed by atoms with Crippen LogP contribution in [-0.2, 0) is 4.74 Å². The Labute approximate surface area is 149 Å². The number of nitrogens with zero attached hydrogens (tertiary/aromatic N) is 1. The Bertz CT molecular complexity index is 841. The van der Waals surface area contributed by atoms with Crippen LogP contribution in [-0.4, -0.2) is 42.5 Å². The van der Waals surface area contributed by atoms with Gasteiger partial charge in [0.25, 0.3) is 11.8 Å². The highest BCUT2D eigenvalue weighted by Crippen LogP contribution is 2.17. The van der Waals surface area contributed by atoms with Crippen LogP contribution in [0.1, 0.15) is 27.6 Å². The van der Waals surface area contributed by atoms with Crippen LogP contribution in [0.25, 0.3) is 0 Å². The lowest BCUT2D eigenvalue weighted by atomic mass is 10.1. The van der Waals surface area contributed by atoms with Crippen molar-refractivity contribution in [3.05, 3.63) is 65.2 Å². The molecule has 1 aliphatic rings. The van der Waals surface area contributed by atoms with E-state index in [1.807, 2.05) is 6.92 Å². The van der Waals surface area contributed by atoms with Crippen LogP contribution >= 0.6 is 0 Å². The molecule has 2 amide bonds. The van der Waals surface area contributed by atoms with Crippen molar-refractivity contribution in [3.8, 4) is 0 Å². The molecule has 2 aromatic rings. The van der Waals surface area contributed by atoms with Crippen LogP contribution in [0.15, 0.2) is 42.5 Å². The fraction of sp³-hybridized carbons (Fsp3) is 0.263. The largest absolute Gasteiger partial charge is 0.377 e. The molecular formula is C19H18F2N2O3. The highest BCUT2D eigenvalue weighted by atomic mass is 19.2. The van der Waals surface area contributed by atoms with Gasteiger partial charge in [0.15, 0.2) is 11.6 Å². The molecule has 1 aliphatic heterocycles. The molecule has 0 aliphatic carbocycles. The molecule has 3 rings (SSSR count). The Balaban J connectivity index is 1.75. The molecule has 0 bridgehead atoms. The topological polar surface area (TPSA) is 58.6 Å². The molecule has 1 heterocycles. The van der Waals surface area contributed by atoms with Crippen molar-refractivity contribution in [1.82, 2.24) is 4.90 Å². The van der Waals surface area contributed by atoms with E-state index in [0.717, 1.165) is 12.1 Å². The number of hydrogen-bond acceptors (Lipinski definition) is 3. The van der Waals surface area contributed by atoms with Gasteiger partial charge in [0.2, 0.25) is 0 Å². The van der Waals surface area contributed by atoms with Gasteiger partial charge in [-0.05, 0) is 43.3 Å². The van der Waals surface area contributed by atoms with Crippen LogP contribution in [0.5, 0.6) is 0 Å². The smallest absolute Gasteiger partial charge is 0.255 e. The maximum Gasteiger partial charge on any atom is 0.255 e. The summed E-state index contributed by atoms with van der Waals surface area (Å²) in [5, 5.41) is 2.59. The predicted octanol–water partition coefficient (Wildman–Crippen LogP) is 3.08. The second-order valence-corrected chi connectivity index (χ2v) is 6.09. The Morgan fingerprint density at radius 1 is 1.12 bits per heavy atom. The Morgan fingerprint density at radius 2 is 1.92 bits per heavy atom. The molecular weight excluding hydrogens is 342 g/mol. The molecule has 26 heavy (non-hydrogen) atoms. The summed E-state index contributed by atoms with van der Waals surface area (Å²) in [6, 6.07) is 9.38. The van der Waals surface area contributed by atoms with Gasteiger partial charge in [-0.2, -0.15) is 0 Å². The number of anilines is 1. The van der Waals surface area contributed by atoms with Crippen LogP contribution in [0.2, 0.25) is 0 Å². The number of ether oxygens (including phenoxy) is 1. The summed E-state index contributed by atoms with van der Waals surface area (Å²) in [5.41, 5.74) is 0.816. The molecule has 0 saturated carbocycles. The zero-order valence-corrected chi connectivity index (χ0v) is 14.2. The average molecular weight is 360 g/mol. The van der Waals surface area contributed by atoms with Crippen LogP contribution in [0.3, 0.4) is 0 Å². The first-order valence-corrected chi connectivity index (χ1v) is 8.21. The fourth-order valence-electron chi connectivity index (χ4n) is 2.77. The molecule has 2 aromatic carbocycles. The molecule has 5 nitrogen and oxygen atoms in total. The van der Waals surface area contributed by atoms with E-state index in [2.05, 4.69) is 5.32 Å². The third-order valence-electron chi connectivity index (χ3n) is 4.18. The van der Waals surface area contributed by atoms with Crippen molar-refractivity contribution < 1.29 is 23.1 Å². The number of morpholine rings is 1. The molecule has 0 aromatic heterocycles. The SMILES string of the molecule is CC1COCCN1C(=O)c1cccc(NC(=O)c2ccc(F)c(F)c2)c1. The van der Waals surface area contributed by atoms with Gasteiger partial charge in [0, 0.05) is 23.4 Å².